The van der Waals surface area contributed by atoms with Crippen LogP contribution in [0.15, 0.2) is 18.2 Å². The van der Waals surface area contributed by atoms with Crippen molar-refractivity contribution in [2.45, 2.75) is 25.1 Å². The molecule has 0 spiro atoms. The number of hydrogen-bond acceptors (Lipinski definition) is 1. The summed E-state index contributed by atoms with van der Waals surface area (Å²) in [5.74, 6) is -2.42. The van der Waals surface area contributed by atoms with Crippen LogP contribution in [-0.2, 0) is 0 Å². The topological polar surface area (TPSA) is 29.1 Å². The molecule has 0 aliphatic carbocycles. The first kappa shape index (κ1) is 13.9. The van der Waals surface area contributed by atoms with Crippen LogP contribution in [0.25, 0.3) is 0 Å². The van der Waals surface area contributed by atoms with Gasteiger partial charge in [-0.05, 0) is 31.0 Å². The Bertz CT molecular complexity index is 398. The van der Waals surface area contributed by atoms with Gasteiger partial charge in [-0.15, -0.1) is 11.6 Å². The minimum absolute atomic E-state index is 0.0141. The summed E-state index contributed by atoms with van der Waals surface area (Å²) in [6, 6.07) is 3.05. The Morgan fingerprint density at radius 3 is 2.71 bits per heavy atom. The van der Waals surface area contributed by atoms with Crippen LogP contribution in [0, 0.1) is 11.6 Å². The summed E-state index contributed by atoms with van der Waals surface area (Å²) in [5.41, 5.74) is 0.103. The van der Waals surface area contributed by atoms with Crippen LogP contribution in [0.3, 0.4) is 0 Å². The van der Waals surface area contributed by atoms with Crippen molar-refractivity contribution < 1.29 is 13.6 Å². The molecule has 1 N–H and O–H groups in total. The largest absolute Gasteiger partial charge is 0.352 e. The van der Waals surface area contributed by atoms with E-state index in [9.17, 15) is 13.6 Å². The molecule has 0 bridgehead atoms. The molecule has 1 amide bonds. The van der Waals surface area contributed by atoms with Gasteiger partial charge in [0.15, 0.2) is 11.6 Å². The van der Waals surface area contributed by atoms with E-state index in [0.717, 1.165) is 18.6 Å². The highest BCUT2D eigenvalue weighted by molar-refractivity contribution is 6.20. The van der Waals surface area contributed by atoms with Crippen LogP contribution in [0.5, 0.6) is 0 Å². The van der Waals surface area contributed by atoms with E-state index in [4.69, 9.17) is 11.6 Å². The molecule has 0 heterocycles. The maximum absolute atomic E-state index is 12.9. The van der Waals surface area contributed by atoms with E-state index in [2.05, 4.69) is 5.32 Å². The number of halogens is 3. The normalized spacial score (nSPS) is 12.2. The number of carbonyl (C=O) groups excluding carboxylic acids is 1. The second-order valence-electron chi connectivity index (χ2n) is 3.68. The predicted octanol–water partition coefficient (Wildman–Crippen LogP) is 3.10. The Labute approximate surface area is 104 Å². The number of alkyl halides is 1. The molecule has 0 aliphatic heterocycles. The smallest absolute Gasteiger partial charge is 0.251 e. The number of nitrogens with one attached hydrogen (secondary N) is 1. The van der Waals surface area contributed by atoms with Gasteiger partial charge in [-0.1, -0.05) is 6.92 Å². The molecule has 1 rings (SSSR count). The molecule has 2 nitrogen and oxygen atoms in total. The summed E-state index contributed by atoms with van der Waals surface area (Å²) >= 11 is 5.88. The van der Waals surface area contributed by atoms with Crippen LogP contribution in [-0.4, -0.2) is 17.8 Å². The molecular weight excluding hydrogens is 248 g/mol. The molecule has 5 heteroatoms. The Morgan fingerprint density at radius 1 is 1.41 bits per heavy atom. The molecule has 17 heavy (non-hydrogen) atoms. The van der Waals surface area contributed by atoms with Gasteiger partial charge in [-0.25, -0.2) is 8.78 Å². The zero-order valence-electron chi connectivity index (χ0n) is 9.47. The third kappa shape index (κ3) is 4.30. The van der Waals surface area contributed by atoms with Crippen molar-refractivity contribution in [3.05, 3.63) is 35.4 Å². The highest BCUT2D eigenvalue weighted by atomic mass is 35.5. The lowest BCUT2D eigenvalue weighted by Crippen LogP contribution is -2.26. The Morgan fingerprint density at radius 2 is 2.12 bits per heavy atom. The van der Waals surface area contributed by atoms with Crippen LogP contribution in [0.4, 0.5) is 8.78 Å². The van der Waals surface area contributed by atoms with Crippen molar-refractivity contribution >= 4 is 17.5 Å². The number of hydrogen-bond donors (Lipinski definition) is 1. The maximum Gasteiger partial charge on any atom is 0.251 e. The maximum atomic E-state index is 12.9. The minimum atomic E-state index is -1.03. The lowest BCUT2D eigenvalue weighted by Gasteiger charge is -2.08. The van der Waals surface area contributed by atoms with E-state index in [1.807, 2.05) is 6.92 Å². The molecule has 0 radical (unpaired) electrons. The average molecular weight is 262 g/mol. The first-order valence-electron chi connectivity index (χ1n) is 5.42. The quantitative estimate of drug-likeness (QED) is 0.811. The van der Waals surface area contributed by atoms with Crippen molar-refractivity contribution in [1.82, 2.24) is 5.32 Å². The molecular formula is C12H14ClF2NO. The summed E-state index contributed by atoms with van der Waals surface area (Å²) < 4.78 is 25.5. The summed E-state index contributed by atoms with van der Waals surface area (Å²) in [7, 11) is 0. The predicted molar refractivity (Wildman–Crippen MR) is 63.2 cm³/mol. The number of rotatable bonds is 5. The fourth-order valence-corrected chi connectivity index (χ4v) is 1.39. The highest BCUT2D eigenvalue weighted by Crippen LogP contribution is 2.09. The van der Waals surface area contributed by atoms with Gasteiger partial charge >= 0.3 is 0 Å². The summed E-state index contributed by atoms with van der Waals surface area (Å²) in [4.78, 5) is 11.5. The fourth-order valence-electron chi connectivity index (χ4n) is 1.29. The number of benzene rings is 1. The van der Waals surface area contributed by atoms with Crippen molar-refractivity contribution in [3.63, 3.8) is 0 Å². The second kappa shape index (κ2) is 6.55. The molecule has 1 atom stereocenters. The van der Waals surface area contributed by atoms with E-state index < -0.39 is 17.5 Å². The third-order valence-electron chi connectivity index (χ3n) is 2.37. The molecule has 0 aliphatic rings. The first-order valence-corrected chi connectivity index (χ1v) is 5.85. The standard InChI is InChI=1S/C12H14ClF2NO/c1-2-9(13)5-6-16-12(17)8-3-4-10(14)11(15)7-8/h3-4,7,9H,2,5-6H2,1H3,(H,16,17). The first-order chi connectivity index (χ1) is 8.04. The van der Waals surface area contributed by atoms with Gasteiger partial charge in [-0.2, -0.15) is 0 Å². The van der Waals surface area contributed by atoms with Crippen molar-refractivity contribution in [2.75, 3.05) is 6.54 Å². The van der Waals surface area contributed by atoms with Crippen LogP contribution < -0.4 is 5.32 Å². The van der Waals surface area contributed by atoms with Crippen molar-refractivity contribution in [1.29, 1.82) is 0 Å². The molecule has 1 aromatic rings. The van der Waals surface area contributed by atoms with Gasteiger partial charge in [0.05, 0.1) is 0 Å². The molecule has 94 valence electrons. The lowest BCUT2D eigenvalue weighted by atomic mass is 10.2. The van der Waals surface area contributed by atoms with Gasteiger partial charge < -0.3 is 5.32 Å². The van der Waals surface area contributed by atoms with E-state index in [1.54, 1.807) is 0 Å². The van der Waals surface area contributed by atoms with E-state index in [0.29, 0.717) is 13.0 Å². The van der Waals surface area contributed by atoms with Crippen LogP contribution in [0.1, 0.15) is 30.1 Å². The van der Waals surface area contributed by atoms with Gasteiger partial charge in [0.1, 0.15) is 0 Å². The van der Waals surface area contributed by atoms with Gasteiger partial charge in [-0.3, -0.25) is 4.79 Å². The summed E-state index contributed by atoms with van der Waals surface area (Å²) in [5, 5.41) is 2.61. The van der Waals surface area contributed by atoms with E-state index in [-0.39, 0.29) is 10.9 Å². The zero-order valence-corrected chi connectivity index (χ0v) is 10.2. The Hall–Kier alpha value is -1.16. The molecule has 0 saturated heterocycles. The molecule has 1 unspecified atom stereocenters. The van der Waals surface area contributed by atoms with Gasteiger partial charge in [0.2, 0.25) is 0 Å². The van der Waals surface area contributed by atoms with Crippen molar-refractivity contribution in [2.24, 2.45) is 0 Å². The highest BCUT2D eigenvalue weighted by Gasteiger charge is 2.09. The second-order valence-corrected chi connectivity index (χ2v) is 4.30. The monoisotopic (exact) mass is 261 g/mol. The van der Waals surface area contributed by atoms with Gasteiger partial charge in [0, 0.05) is 17.5 Å². The van der Waals surface area contributed by atoms with E-state index in [1.165, 1.54) is 6.07 Å². The van der Waals surface area contributed by atoms with Crippen molar-refractivity contribution in [3.8, 4) is 0 Å². The molecule has 0 fully saturated rings. The molecule has 1 aromatic carbocycles. The minimum Gasteiger partial charge on any atom is -0.352 e. The summed E-state index contributed by atoms with van der Waals surface area (Å²) in [6.07, 6.45) is 1.47. The van der Waals surface area contributed by atoms with Gasteiger partial charge in [0.25, 0.3) is 5.91 Å². The number of carbonyl (C=O) groups is 1. The zero-order chi connectivity index (χ0) is 12.8. The Balaban J connectivity index is 2.50. The van der Waals surface area contributed by atoms with Crippen LogP contribution in [0.2, 0.25) is 0 Å². The average Bonchev–Trinajstić information content (AvgIpc) is 2.32. The molecule has 0 saturated carbocycles. The third-order valence-corrected chi connectivity index (χ3v) is 2.89. The lowest BCUT2D eigenvalue weighted by molar-refractivity contribution is 0.0952. The summed E-state index contributed by atoms with van der Waals surface area (Å²) in [6.45, 7) is 2.37. The fraction of sp³-hybridized carbons (Fsp3) is 0.417. The Kier molecular flexibility index (Phi) is 5.35. The van der Waals surface area contributed by atoms with E-state index >= 15 is 0 Å². The SMILES string of the molecule is CCC(Cl)CCNC(=O)c1ccc(F)c(F)c1. The number of amides is 1. The molecule has 0 aromatic heterocycles. The van der Waals surface area contributed by atoms with Crippen LogP contribution >= 0.6 is 11.6 Å².